The lowest BCUT2D eigenvalue weighted by molar-refractivity contribution is -0.132. The molecular formula is C23H18ClNO5. The minimum atomic E-state index is -0.940. The zero-order chi connectivity index (χ0) is 21.4. The van der Waals surface area contributed by atoms with Crippen LogP contribution < -0.4 is 9.64 Å². The van der Waals surface area contributed by atoms with Gasteiger partial charge in [0.1, 0.15) is 29.1 Å². The van der Waals surface area contributed by atoms with Crippen molar-refractivity contribution in [2.24, 2.45) is 0 Å². The zero-order valence-corrected chi connectivity index (χ0v) is 17.0. The molecule has 2 heterocycles. The van der Waals surface area contributed by atoms with Crippen molar-refractivity contribution in [3.8, 4) is 5.75 Å². The number of rotatable bonds is 4. The molecule has 1 atom stereocenters. The van der Waals surface area contributed by atoms with E-state index in [-0.39, 0.29) is 11.3 Å². The van der Waals surface area contributed by atoms with Gasteiger partial charge in [0.2, 0.25) is 0 Å². The third-order valence-electron chi connectivity index (χ3n) is 4.94. The average Bonchev–Trinajstić information content (AvgIpc) is 3.29. The number of methoxy groups -OCH3 is 1. The summed E-state index contributed by atoms with van der Waals surface area (Å²) < 4.78 is 11.1. The van der Waals surface area contributed by atoms with Crippen molar-refractivity contribution in [3.05, 3.63) is 88.3 Å². The van der Waals surface area contributed by atoms with Gasteiger partial charge in [0.15, 0.2) is 0 Å². The van der Waals surface area contributed by atoms with Gasteiger partial charge in [0.25, 0.3) is 11.7 Å². The molecule has 0 radical (unpaired) electrons. The molecule has 0 saturated carbocycles. The van der Waals surface area contributed by atoms with Crippen LogP contribution in [0.2, 0.25) is 5.02 Å². The largest absolute Gasteiger partial charge is 0.507 e. The van der Waals surface area contributed by atoms with Crippen LogP contribution in [0.3, 0.4) is 0 Å². The molecule has 1 unspecified atom stereocenters. The minimum Gasteiger partial charge on any atom is -0.507 e. The highest BCUT2D eigenvalue weighted by molar-refractivity contribution is 6.51. The second-order valence-corrected chi connectivity index (χ2v) is 7.23. The Morgan fingerprint density at radius 3 is 2.40 bits per heavy atom. The summed E-state index contributed by atoms with van der Waals surface area (Å²) in [6, 6.07) is 15.7. The molecule has 0 aliphatic carbocycles. The fraction of sp³-hybridized carbons (Fsp3) is 0.130. The number of Topliss-reactive ketones (excluding diaryl/α,β-unsaturated/α-hetero) is 1. The van der Waals surface area contributed by atoms with Crippen molar-refractivity contribution in [3.63, 3.8) is 0 Å². The molecule has 4 rings (SSSR count). The Bertz CT molecular complexity index is 1160. The van der Waals surface area contributed by atoms with Gasteiger partial charge in [-0.3, -0.25) is 14.5 Å². The summed E-state index contributed by atoms with van der Waals surface area (Å²) in [4.78, 5) is 27.4. The van der Waals surface area contributed by atoms with E-state index in [0.29, 0.717) is 33.5 Å². The highest BCUT2D eigenvalue weighted by Gasteiger charge is 2.48. The van der Waals surface area contributed by atoms with E-state index in [0.717, 1.165) is 0 Å². The Labute approximate surface area is 177 Å². The number of hydrogen-bond acceptors (Lipinski definition) is 5. The number of halogens is 1. The molecule has 1 aliphatic heterocycles. The second-order valence-electron chi connectivity index (χ2n) is 6.79. The SMILES string of the molecule is COc1ccccc1/C(O)=C1/C(=O)C(=O)N(c2ccc(Cl)cc2)C1c1ccc(C)o1. The fourth-order valence-electron chi connectivity index (χ4n) is 3.56. The number of aliphatic hydroxyl groups excluding tert-OH is 1. The molecule has 1 fully saturated rings. The number of carbonyl (C=O) groups is 2. The van der Waals surface area contributed by atoms with Gasteiger partial charge in [-0.1, -0.05) is 23.7 Å². The number of anilines is 1. The number of amides is 1. The van der Waals surface area contributed by atoms with Crippen molar-refractivity contribution in [2.75, 3.05) is 12.0 Å². The number of aryl methyl sites for hydroxylation is 1. The summed E-state index contributed by atoms with van der Waals surface area (Å²) in [6.45, 7) is 1.76. The van der Waals surface area contributed by atoms with Crippen LogP contribution in [-0.4, -0.2) is 23.9 Å². The molecule has 3 aromatic rings. The first-order valence-electron chi connectivity index (χ1n) is 9.18. The third kappa shape index (κ3) is 3.25. The number of ether oxygens (including phenoxy) is 1. The van der Waals surface area contributed by atoms with Crippen molar-refractivity contribution < 1.29 is 23.8 Å². The normalized spacial score (nSPS) is 18.1. The van der Waals surface area contributed by atoms with E-state index < -0.39 is 17.7 Å². The highest BCUT2D eigenvalue weighted by atomic mass is 35.5. The number of hydrogen-bond donors (Lipinski definition) is 1. The number of aliphatic hydroxyl groups is 1. The smallest absolute Gasteiger partial charge is 0.300 e. The van der Waals surface area contributed by atoms with Crippen LogP contribution >= 0.6 is 11.6 Å². The predicted molar refractivity (Wildman–Crippen MR) is 113 cm³/mol. The summed E-state index contributed by atoms with van der Waals surface area (Å²) in [6.07, 6.45) is 0. The summed E-state index contributed by atoms with van der Waals surface area (Å²) in [5.41, 5.74) is 0.691. The lowest BCUT2D eigenvalue weighted by Crippen LogP contribution is -2.29. The van der Waals surface area contributed by atoms with Crippen molar-refractivity contribution in [1.82, 2.24) is 0 Å². The van der Waals surface area contributed by atoms with Crippen LogP contribution in [0, 0.1) is 6.92 Å². The van der Waals surface area contributed by atoms with Crippen molar-refractivity contribution in [2.45, 2.75) is 13.0 Å². The molecule has 0 bridgehead atoms. The number of nitrogens with zero attached hydrogens (tertiary/aromatic N) is 1. The molecule has 30 heavy (non-hydrogen) atoms. The maximum Gasteiger partial charge on any atom is 0.300 e. The number of benzene rings is 2. The molecule has 0 spiro atoms. The Hall–Kier alpha value is -3.51. The van der Waals surface area contributed by atoms with Gasteiger partial charge in [0.05, 0.1) is 18.2 Å². The van der Waals surface area contributed by atoms with Gasteiger partial charge in [-0.15, -0.1) is 0 Å². The first-order valence-corrected chi connectivity index (χ1v) is 9.56. The molecular weight excluding hydrogens is 406 g/mol. The van der Waals surface area contributed by atoms with E-state index in [1.807, 2.05) is 0 Å². The van der Waals surface area contributed by atoms with Crippen LogP contribution in [0.15, 0.2) is 70.7 Å². The third-order valence-corrected chi connectivity index (χ3v) is 5.19. The Morgan fingerprint density at radius 1 is 1.07 bits per heavy atom. The number of para-hydroxylation sites is 1. The minimum absolute atomic E-state index is 0.0752. The highest BCUT2D eigenvalue weighted by Crippen LogP contribution is 2.43. The van der Waals surface area contributed by atoms with Crippen LogP contribution in [0.1, 0.15) is 23.1 Å². The Morgan fingerprint density at radius 2 is 1.77 bits per heavy atom. The lowest BCUT2D eigenvalue weighted by atomic mass is 9.98. The van der Waals surface area contributed by atoms with Gasteiger partial charge in [0, 0.05) is 10.7 Å². The second kappa shape index (κ2) is 7.72. The molecule has 1 N–H and O–H groups in total. The summed E-state index contributed by atoms with van der Waals surface area (Å²) in [5, 5.41) is 11.6. The lowest BCUT2D eigenvalue weighted by Gasteiger charge is -2.23. The van der Waals surface area contributed by atoms with Crippen LogP contribution in [0.25, 0.3) is 5.76 Å². The van der Waals surface area contributed by atoms with Gasteiger partial charge in [-0.05, 0) is 55.5 Å². The number of carbonyl (C=O) groups excluding carboxylic acids is 2. The molecule has 1 aliphatic rings. The number of furan rings is 1. The predicted octanol–water partition coefficient (Wildman–Crippen LogP) is 4.88. The van der Waals surface area contributed by atoms with E-state index >= 15 is 0 Å². The monoisotopic (exact) mass is 423 g/mol. The van der Waals surface area contributed by atoms with Gasteiger partial charge >= 0.3 is 0 Å². The average molecular weight is 424 g/mol. The summed E-state index contributed by atoms with van der Waals surface area (Å²) in [7, 11) is 1.46. The topological polar surface area (TPSA) is 80.0 Å². The summed E-state index contributed by atoms with van der Waals surface area (Å²) >= 11 is 5.98. The Kier molecular flexibility index (Phi) is 5.10. The fourth-order valence-corrected chi connectivity index (χ4v) is 3.68. The Balaban J connectivity index is 1.96. The molecule has 7 heteroatoms. The maximum absolute atomic E-state index is 13.0. The first kappa shape index (κ1) is 19.8. The summed E-state index contributed by atoms with van der Waals surface area (Å²) in [5.74, 6) is -0.564. The van der Waals surface area contributed by atoms with Gasteiger partial charge < -0.3 is 14.3 Å². The van der Waals surface area contributed by atoms with Gasteiger partial charge in [-0.25, -0.2) is 0 Å². The molecule has 1 amide bonds. The first-order chi connectivity index (χ1) is 14.4. The van der Waals surface area contributed by atoms with Gasteiger partial charge in [-0.2, -0.15) is 0 Å². The van der Waals surface area contributed by atoms with Crippen molar-refractivity contribution >= 4 is 34.7 Å². The quantitative estimate of drug-likeness (QED) is 0.367. The molecule has 152 valence electrons. The zero-order valence-electron chi connectivity index (χ0n) is 16.3. The van der Waals surface area contributed by atoms with Crippen molar-refractivity contribution in [1.29, 1.82) is 0 Å². The standard InChI is InChI=1S/C23H18ClNO5/c1-13-7-12-18(30-13)20-19(21(26)16-5-3-4-6-17(16)29-2)22(27)23(28)25(20)15-10-8-14(24)9-11-15/h3-12,20,26H,1-2H3/b21-19-. The van der Waals surface area contributed by atoms with E-state index in [2.05, 4.69) is 0 Å². The van der Waals surface area contributed by atoms with Crippen LogP contribution in [-0.2, 0) is 9.59 Å². The number of ketones is 1. The molecule has 1 saturated heterocycles. The van der Waals surface area contributed by atoms with Crippen LogP contribution in [0.4, 0.5) is 5.69 Å². The maximum atomic E-state index is 13.0. The molecule has 6 nitrogen and oxygen atoms in total. The molecule has 1 aromatic heterocycles. The van der Waals surface area contributed by atoms with Crippen LogP contribution in [0.5, 0.6) is 5.75 Å². The van der Waals surface area contributed by atoms with E-state index in [1.165, 1.54) is 12.0 Å². The van der Waals surface area contributed by atoms with E-state index in [9.17, 15) is 14.7 Å². The van der Waals surface area contributed by atoms with E-state index in [4.69, 9.17) is 20.8 Å². The van der Waals surface area contributed by atoms with E-state index in [1.54, 1.807) is 67.6 Å². The molecule has 2 aromatic carbocycles.